The molecule has 3 aromatic rings. The molecule has 0 unspecified atom stereocenters. The average Bonchev–Trinajstić information content (AvgIpc) is 2.59. The van der Waals surface area contributed by atoms with Crippen LogP contribution in [0.3, 0.4) is 0 Å². The monoisotopic (exact) mass is 359 g/mol. The van der Waals surface area contributed by atoms with Crippen molar-refractivity contribution in [2.75, 3.05) is 10.6 Å². The largest absolute Gasteiger partial charge is 0.336 e. The van der Waals surface area contributed by atoms with E-state index >= 15 is 0 Å². The molecule has 0 saturated carbocycles. The second-order valence-corrected chi connectivity index (χ2v) is 5.88. The lowest BCUT2D eigenvalue weighted by Crippen LogP contribution is -2.03. The molecule has 0 spiro atoms. The smallest absolute Gasteiger partial charge is 0.249 e. The number of aryl methyl sites for hydroxylation is 1. The number of aromatic nitrogens is 3. The Kier molecular flexibility index (Phi) is 5.13. The maximum Gasteiger partial charge on any atom is 0.249 e. The van der Waals surface area contributed by atoms with Gasteiger partial charge in [-0.15, -0.1) is 5.10 Å². The van der Waals surface area contributed by atoms with E-state index in [2.05, 4.69) is 44.9 Å². The number of nitrogens with one attached hydrogen (secondary N) is 2. The second-order valence-electron chi connectivity index (χ2n) is 5.06. The highest BCUT2D eigenvalue weighted by Gasteiger charge is 2.08. The van der Waals surface area contributed by atoms with Crippen molar-refractivity contribution >= 4 is 46.3 Å². The molecule has 7 heteroatoms. The maximum atomic E-state index is 6.15. The summed E-state index contributed by atoms with van der Waals surface area (Å²) in [6.07, 6.45) is 2.50. The number of hydrogen-bond donors (Lipinski definition) is 2. The zero-order valence-electron chi connectivity index (χ0n) is 12.9. The Bertz CT molecular complexity index is 816. The number of anilines is 4. The van der Waals surface area contributed by atoms with Crippen LogP contribution in [0.5, 0.6) is 0 Å². The number of nitrogens with zero attached hydrogens (tertiary/aromatic N) is 3. The zero-order chi connectivity index (χ0) is 16.9. The van der Waals surface area contributed by atoms with Gasteiger partial charge in [-0.1, -0.05) is 48.3 Å². The van der Waals surface area contributed by atoms with Crippen molar-refractivity contribution < 1.29 is 0 Å². The minimum Gasteiger partial charge on any atom is -0.336 e. The third-order valence-corrected chi connectivity index (χ3v) is 4.02. The van der Waals surface area contributed by atoms with Gasteiger partial charge in [0.1, 0.15) is 0 Å². The summed E-state index contributed by atoms with van der Waals surface area (Å²) >= 11 is 12.3. The molecule has 0 saturated heterocycles. The predicted octanol–water partition coefficient (Wildman–Crippen LogP) is 5.23. The van der Waals surface area contributed by atoms with E-state index in [-0.39, 0.29) is 0 Å². The Morgan fingerprint density at radius 1 is 0.958 bits per heavy atom. The first-order valence-electron chi connectivity index (χ1n) is 7.42. The normalized spacial score (nSPS) is 10.5. The Labute approximate surface area is 150 Å². The molecular formula is C17H15Cl2N5. The van der Waals surface area contributed by atoms with Gasteiger partial charge in [-0.3, -0.25) is 0 Å². The minimum absolute atomic E-state index is 0.382. The van der Waals surface area contributed by atoms with Crippen molar-refractivity contribution in [2.45, 2.75) is 13.3 Å². The van der Waals surface area contributed by atoms with Gasteiger partial charge in [0.05, 0.1) is 21.9 Å². The number of rotatable bonds is 5. The molecule has 1 heterocycles. The van der Waals surface area contributed by atoms with Crippen LogP contribution < -0.4 is 10.6 Å². The summed E-state index contributed by atoms with van der Waals surface area (Å²) in [4.78, 5) is 4.38. The van der Waals surface area contributed by atoms with Crippen molar-refractivity contribution in [2.24, 2.45) is 0 Å². The van der Waals surface area contributed by atoms with Crippen LogP contribution in [0.1, 0.15) is 12.5 Å². The fourth-order valence-electron chi connectivity index (χ4n) is 2.11. The van der Waals surface area contributed by atoms with Gasteiger partial charge in [-0.25, -0.2) is 0 Å². The van der Waals surface area contributed by atoms with Gasteiger partial charge in [0.2, 0.25) is 5.95 Å². The minimum atomic E-state index is 0.382. The fourth-order valence-corrected chi connectivity index (χ4v) is 2.61. The second kappa shape index (κ2) is 7.47. The molecule has 1 aromatic heterocycles. The first-order valence-corrected chi connectivity index (χ1v) is 8.18. The lowest BCUT2D eigenvalue weighted by molar-refractivity contribution is 0.982. The SMILES string of the molecule is CCc1ccc(Nc2nncc(Nc3c(Cl)cccc3Cl)n2)cc1. The molecule has 0 aliphatic rings. The number of para-hydroxylation sites is 1. The summed E-state index contributed by atoms with van der Waals surface area (Å²) < 4.78 is 0. The maximum absolute atomic E-state index is 6.15. The third kappa shape index (κ3) is 3.93. The molecule has 2 aromatic carbocycles. The van der Waals surface area contributed by atoms with E-state index in [0.29, 0.717) is 27.5 Å². The lowest BCUT2D eigenvalue weighted by Gasteiger charge is -2.10. The van der Waals surface area contributed by atoms with Crippen molar-refractivity contribution in [1.29, 1.82) is 0 Å². The van der Waals surface area contributed by atoms with Crippen LogP contribution in [0.2, 0.25) is 10.0 Å². The average molecular weight is 360 g/mol. The first-order chi connectivity index (χ1) is 11.7. The predicted molar refractivity (Wildman–Crippen MR) is 98.7 cm³/mol. The third-order valence-electron chi connectivity index (χ3n) is 3.39. The molecule has 3 rings (SSSR count). The van der Waals surface area contributed by atoms with E-state index in [0.717, 1.165) is 12.1 Å². The quantitative estimate of drug-likeness (QED) is 0.653. The van der Waals surface area contributed by atoms with Crippen LogP contribution in [-0.4, -0.2) is 15.2 Å². The topological polar surface area (TPSA) is 62.7 Å². The molecular weight excluding hydrogens is 345 g/mol. The van der Waals surface area contributed by atoms with E-state index in [1.165, 1.54) is 11.8 Å². The van der Waals surface area contributed by atoms with Crippen LogP contribution in [0, 0.1) is 0 Å². The first kappa shape index (κ1) is 16.5. The van der Waals surface area contributed by atoms with Crippen LogP contribution >= 0.6 is 23.2 Å². The van der Waals surface area contributed by atoms with Gasteiger partial charge >= 0.3 is 0 Å². The van der Waals surface area contributed by atoms with Gasteiger partial charge in [0.25, 0.3) is 0 Å². The van der Waals surface area contributed by atoms with Crippen LogP contribution in [0.4, 0.5) is 23.1 Å². The lowest BCUT2D eigenvalue weighted by atomic mass is 10.1. The Balaban J connectivity index is 1.78. The van der Waals surface area contributed by atoms with E-state index in [1.807, 2.05) is 12.1 Å². The Hall–Kier alpha value is -2.37. The molecule has 0 amide bonds. The molecule has 0 atom stereocenters. The van der Waals surface area contributed by atoms with E-state index < -0.39 is 0 Å². The van der Waals surface area contributed by atoms with Crippen molar-refractivity contribution in [3.8, 4) is 0 Å². The molecule has 2 N–H and O–H groups in total. The molecule has 0 fully saturated rings. The van der Waals surface area contributed by atoms with E-state index in [9.17, 15) is 0 Å². The summed E-state index contributed by atoms with van der Waals surface area (Å²) in [5.41, 5.74) is 2.74. The fraction of sp³-hybridized carbons (Fsp3) is 0.118. The summed E-state index contributed by atoms with van der Waals surface area (Å²) in [6, 6.07) is 13.3. The van der Waals surface area contributed by atoms with Crippen LogP contribution in [-0.2, 0) is 6.42 Å². The Morgan fingerprint density at radius 3 is 2.33 bits per heavy atom. The van der Waals surface area contributed by atoms with Gasteiger partial charge < -0.3 is 10.6 Å². The molecule has 0 bridgehead atoms. The van der Waals surface area contributed by atoms with Crippen molar-refractivity contribution in [3.63, 3.8) is 0 Å². The highest BCUT2D eigenvalue weighted by Crippen LogP contribution is 2.32. The summed E-state index contributed by atoms with van der Waals surface area (Å²) in [5, 5.41) is 15.1. The van der Waals surface area contributed by atoms with E-state index in [4.69, 9.17) is 23.2 Å². The highest BCUT2D eigenvalue weighted by atomic mass is 35.5. The number of halogens is 2. The standard InChI is InChI=1S/C17H15Cl2N5/c1-2-11-6-8-12(9-7-11)21-17-23-15(10-20-24-17)22-16-13(18)4-3-5-14(16)19/h3-10H,2H2,1H3,(H2,21,22,23,24). The molecule has 5 nitrogen and oxygen atoms in total. The number of benzene rings is 2. The Morgan fingerprint density at radius 2 is 1.67 bits per heavy atom. The van der Waals surface area contributed by atoms with Crippen molar-refractivity contribution in [3.05, 3.63) is 64.3 Å². The van der Waals surface area contributed by atoms with Crippen LogP contribution in [0.25, 0.3) is 0 Å². The molecule has 122 valence electrons. The van der Waals surface area contributed by atoms with Crippen LogP contribution in [0.15, 0.2) is 48.7 Å². The van der Waals surface area contributed by atoms with Crippen molar-refractivity contribution in [1.82, 2.24) is 15.2 Å². The highest BCUT2D eigenvalue weighted by molar-refractivity contribution is 6.39. The summed E-state index contributed by atoms with van der Waals surface area (Å²) in [7, 11) is 0. The number of hydrogen-bond acceptors (Lipinski definition) is 5. The van der Waals surface area contributed by atoms with Gasteiger partial charge in [-0.2, -0.15) is 10.1 Å². The van der Waals surface area contributed by atoms with E-state index in [1.54, 1.807) is 18.2 Å². The van der Waals surface area contributed by atoms with Gasteiger partial charge in [-0.05, 0) is 36.2 Å². The molecule has 24 heavy (non-hydrogen) atoms. The summed E-state index contributed by atoms with van der Waals surface area (Å²) in [6.45, 7) is 2.12. The molecule has 0 aliphatic carbocycles. The summed E-state index contributed by atoms with van der Waals surface area (Å²) in [5.74, 6) is 0.875. The molecule has 0 aliphatic heterocycles. The zero-order valence-corrected chi connectivity index (χ0v) is 14.4. The van der Waals surface area contributed by atoms with Gasteiger partial charge in [0.15, 0.2) is 5.82 Å². The van der Waals surface area contributed by atoms with Gasteiger partial charge in [0, 0.05) is 5.69 Å². The molecule has 0 radical (unpaired) electrons.